The van der Waals surface area contributed by atoms with Crippen LogP contribution in [0, 0.1) is 23.7 Å². The number of aliphatic hydroxyl groups excluding tert-OH is 1. The number of carboxylic acid groups (broad SMARTS) is 2. The van der Waals surface area contributed by atoms with Gasteiger partial charge in [-0.2, -0.15) is 0 Å². The molecular weight excluding hydrogens is 1570 g/mol. The number of nitrogens with two attached hydrogens (primary N) is 2. The van der Waals surface area contributed by atoms with E-state index in [2.05, 4.69) is 56.3 Å². The van der Waals surface area contributed by atoms with E-state index in [-0.39, 0.29) is 116 Å². The summed E-state index contributed by atoms with van der Waals surface area (Å²) in [5, 5.41) is 32.6. The van der Waals surface area contributed by atoms with E-state index in [1.807, 2.05) is 65.0 Å². The number of aliphatic carboxylic acids is 2. The Bertz CT molecular complexity index is 2810. The highest BCUT2D eigenvalue weighted by Crippen LogP contribution is 2.28. The van der Waals surface area contributed by atoms with Crippen LogP contribution >= 0.6 is 31.9 Å². The molecule has 5 aliphatic rings. The Kier molecular flexibility index (Phi) is 53.0. The van der Waals surface area contributed by atoms with Crippen molar-refractivity contribution in [3.05, 3.63) is 35.9 Å². The largest absolute Gasteiger partial charge is 0.481 e. The van der Waals surface area contributed by atoms with Gasteiger partial charge in [0, 0.05) is 30.1 Å². The van der Waals surface area contributed by atoms with Gasteiger partial charge in [0.2, 0.25) is 0 Å². The molecule has 9 N–H and O–H groups in total. The lowest BCUT2D eigenvalue weighted by Gasteiger charge is -2.26. The molecule has 5 aliphatic carbocycles. The molecule has 7 atom stereocenters. The molecule has 29 heteroatoms. The number of rotatable bonds is 29. The summed E-state index contributed by atoms with van der Waals surface area (Å²) in [5.41, 5.74) is 9.87. The van der Waals surface area contributed by atoms with Crippen molar-refractivity contribution in [1.82, 2.24) is 10.6 Å². The van der Waals surface area contributed by atoms with Gasteiger partial charge in [-0.3, -0.25) is 28.8 Å². The number of hydrogen-bond acceptors (Lipinski definition) is 23. The van der Waals surface area contributed by atoms with Crippen LogP contribution in [0.25, 0.3) is 0 Å². The van der Waals surface area contributed by atoms with E-state index in [4.69, 9.17) is 69.4 Å². The van der Waals surface area contributed by atoms with Crippen molar-refractivity contribution in [2.24, 2.45) is 35.1 Å². The number of aliphatic hydroxyl groups is 1. The molecule has 27 nitrogen and oxygen atoms in total. The molecule has 111 heavy (non-hydrogen) atoms. The molecular formula is C82H140Br2N4O23. The highest BCUT2D eigenvalue weighted by molar-refractivity contribution is 9.09. The summed E-state index contributed by atoms with van der Waals surface area (Å²) in [5.74, 6) is -3.87. The van der Waals surface area contributed by atoms with E-state index < -0.39 is 77.0 Å². The number of halogens is 2. The number of alkyl carbamates (subject to hydrolysis) is 2. The Morgan fingerprint density at radius 3 is 1.00 bits per heavy atom. The van der Waals surface area contributed by atoms with Crippen molar-refractivity contribution in [2.75, 3.05) is 17.3 Å². The first-order chi connectivity index (χ1) is 51.7. The number of amides is 2. The highest BCUT2D eigenvalue weighted by atomic mass is 79.9. The van der Waals surface area contributed by atoms with Crippen molar-refractivity contribution < 1.29 is 111 Å². The number of carboxylic acids is 2. The van der Waals surface area contributed by atoms with Gasteiger partial charge in [0.05, 0.1) is 17.8 Å². The van der Waals surface area contributed by atoms with Crippen molar-refractivity contribution >= 4 is 97.8 Å². The minimum Gasteiger partial charge on any atom is -0.481 e. The monoisotopic (exact) mass is 1710 g/mol. The Morgan fingerprint density at radius 1 is 0.405 bits per heavy atom. The maximum atomic E-state index is 12.1. The number of ether oxygens (including phenoxy) is 9. The molecule has 0 radical (unpaired) electrons. The summed E-state index contributed by atoms with van der Waals surface area (Å²) in [6, 6.07) is 6.19. The Hall–Kier alpha value is -6.17. The van der Waals surface area contributed by atoms with Crippen LogP contribution in [0.5, 0.6) is 0 Å². The second-order valence-electron chi connectivity index (χ2n) is 33.3. The lowest BCUT2D eigenvalue weighted by atomic mass is 10.0. The normalized spacial score (nSPS) is 17.3. The number of esters is 7. The highest BCUT2D eigenvalue weighted by Gasteiger charge is 2.33. The first-order valence-electron chi connectivity index (χ1n) is 39.9. The quantitative estimate of drug-likeness (QED) is 0.0222. The average molecular weight is 1710 g/mol. The van der Waals surface area contributed by atoms with E-state index in [0.29, 0.717) is 18.8 Å². The molecule has 1 aromatic carbocycles. The van der Waals surface area contributed by atoms with Crippen LogP contribution in [-0.2, 0) is 85.8 Å². The number of carbonyl (C=O) groups is 11. The van der Waals surface area contributed by atoms with E-state index in [1.165, 1.54) is 38.5 Å². The Labute approximate surface area is 678 Å². The predicted molar refractivity (Wildman–Crippen MR) is 430 cm³/mol. The summed E-state index contributed by atoms with van der Waals surface area (Å²) < 4.78 is 47.1. The summed E-state index contributed by atoms with van der Waals surface area (Å²) in [6.07, 6.45) is 22.4. The second kappa shape index (κ2) is 56.2. The summed E-state index contributed by atoms with van der Waals surface area (Å²) in [4.78, 5) is 126. The molecule has 0 aliphatic heterocycles. The fourth-order valence-corrected chi connectivity index (χ4v) is 12.7. The lowest BCUT2D eigenvalue weighted by molar-refractivity contribution is -0.160. The van der Waals surface area contributed by atoms with Crippen LogP contribution < -0.4 is 22.1 Å². The fourth-order valence-electron chi connectivity index (χ4n) is 11.3. The van der Waals surface area contributed by atoms with Crippen molar-refractivity contribution in [3.8, 4) is 0 Å². The van der Waals surface area contributed by atoms with Crippen LogP contribution in [0.4, 0.5) is 9.59 Å². The van der Waals surface area contributed by atoms with Gasteiger partial charge in [0.1, 0.15) is 77.1 Å². The molecule has 640 valence electrons. The third-order valence-corrected chi connectivity index (χ3v) is 18.2. The number of hydrogen-bond donors (Lipinski definition) is 7. The van der Waals surface area contributed by atoms with Gasteiger partial charge in [-0.1, -0.05) is 96.8 Å². The van der Waals surface area contributed by atoms with Gasteiger partial charge in [-0.25, -0.2) is 24.0 Å². The summed E-state index contributed by atoms with van der Waals surface area (Å²) in [6.45, 7) is 30.7. The minimum atomic E-state index is -1.06. The second-order valence-corrected chi connectivity index (χ2v) is 34.9. The molecule has 6 rings (SSSR count). The molecule has 2 amide bonds. The minimum absolute atomic E-state index is 0.0106. The Morgan fingerprint density at radius 2 is 0.694 bits per heavy atom. The zero-order valence-electron chi connectivity index (χ0n) is 69.7. The first-order valence-corrected chi connectivity index (χ1v) is 42.1. The molecule has 1 aromatic rings. The van der Waals surface area contributed by atoms with Gasteiger partial charge >= 0.3 is 65.9 Å². The van der Waals surface area contributed by atoms with E-state index >= 15 is 0 Å². The fraction of sp³-hybridized carbons (Fsp3) is 0.793. The number of benzene rings is 1. The summed E-state index contributed by atoms with van der Waals surface area (Å²) in [7, 11) is 0. The van der Waals surface area contributed by atoms with Crippen LogP contribution in [0.2, 0.25) is 0 Å². The van der Waals surface area contributed by atoms with Gasteiger partial charge in [0.15, 0.2) is 0 Å². The Balaban J connectivity index is 0.00000129. The maximum Gasteiger partial charge on any atom is 0.408 e. The molecule has 0 spiro atoms. The third kappa shape index (κ3) is 55.1. The van der Waals surface area contributed by atoms with Crippen LogP contribution in [0.3, 0.4) is 0 Å². The number of alkyl halides is 2. The average Bonchev–Trinajstić information content (AvgIpc) is 1.04. The maximum absolute atomic E-state index is 12.1. The molecule has 0 heterocycles. The standard InChI is InChI=1S/C15H25NO6.C14H25NO6.C13H17NO2.C11H21NO2.C10H17BrO2.C10H18O3.C9H17BrO2/c1-15(2,3)22-14(20)16-11(8-9-12(17)18)13(19)21-10-6-4-5-7-10;1-13(2,3)20-11(18)9(7-8-10(16)17)15-12(19)21-14(4,5)6;14-12(10-6-2-1-3-7-10)13(15)16-11-8-4-5-9-11;1-8(2)7-10(12)11(13)14-9-5-3-4-6-9;2*1-8(6-7-11)10(12)13-9-4-2-3-5-9;1-7(5-6-10)8(11)12-9(2,3)4/h10-11H,4-9H2,1-3H3,(H,16,20)(H,17,18);9H,7-8H2,1-6H3,(H,15,19)(H,16,17);1-3,6-7,11-12H,4-5,8-9,14H2;8-10H,3-7,12H2,1-2H3;8-9H,2-7H2,1H3;8-9,11H,2-7H2,1H3;7H,5-6H2,1-4H3/t11-;9-;12-;10-;2*8-;7-/m0000000/s1. The zero-order chi connectivity index (χ0) is 84.7. The molecule has 0 saturated heterocycles. The van der Waals surface area contributed by atoms with Crippen molar-refractivity contribution in [3.63, 3.8) is 0 Å². The van der Waals surface area contributed by atoms with Crippen LogP contribution in [-0.4, -0.2) is 170 Å². The van der Waals surface area contributed by atoms with E-state index in [9.17, 15) is 52.7 Å². The summed E-state index contributed by atoms with van der Waals surface area (Å²) >= 11 is 6.61. The van der Waals surface area contributed by atoms with E-state index in [0.717, 1.165) is 119 Å². The van der Waals surface area contributed by atoms with Crippen LogP contribution in [0.15, 0.2) is 30.3 Å². The molecule has 0 aromatic heterocycles. The molecule has 0 unspecified atom stereocenters. The zero-order valence-corrected chi connectivity index (χ0v) is 72.9. The van der Waals surface area contributed by atoms with Gasteiger partial charge < -0.3 is 80.1 Å². The predicted octanol–water partition coefficient (Wildman–Crippen LogP) is 15.5. The molecule has 0 bridgehead atoms. The smallest absolute Gasteiger partial charge is 0.408 e. The van der Waals surface area contributed by atoms with Crippen molar-refractivity contribution in [2.45, 2.75) is 375 Å². The van der Waals surface area contributed by atoms with Gasteiger partial charge in [-0.05, 0) is 262 Å². The van der Waals surface area contributed by atoms with Crippen molar-refractivity contribution in [1.29, 1.82) is 0 Å². The van der Waals surface area contributed by atoms with E-state index in [1.54, 1.807) is 69.2 Å². The van der Waals surface area contributed by atoms with Gasteiger partial charge in [-0.15, -0.1) is 0 Å². The van der Waals surface area contributed by atoms with Crippen LogP contribution in [0.1, 0.15) is 309 Å². The first kappa shape index (κ1) is 105. The van der Waals surface area contributed by atoms with Gasteiger partial charge in [0.25, 0.3) is 0 Å². The third-order valence-electron chi connectivity index (χ3n) is 17.3. The number of nitrogens with one attached hydrogen (secondary N) is 2. The number of carbonyl (C=O) groups excluding carboxylic acids is 9. The SMILES string of the molecule is CC(C)(C)OC(=O)N[C@@H](CCC(=O)O)C(=O)OC(C)(C)C.CC(C)(C)OC(=O)N[C@@H](CCC(=O)O)C(=O)OC1CCCC1.CC(C)C[C@H](N)C(=O)OC1CCCC1.C[C@@H](CCBr)C(=O)OC(C)(C)C.C[C@@H](CCBr)C(=O)OC1CCCC1.C[C@@H](CCO)C(=O)OC1CCCC1.N[C@H](C(=O)OC1CCCC1)c1ccccc1. The molecule has 5 fully saturated rings. The topological polar surface area (TPSA) is 408 Å². The lowest BCUT2D eigenvalue weighted by Crippen LogP contribution is -2.46. The molecule has 5 saturated carbocycles.